The zero-order valence-corrected chi connectivity index (χ0v) is 11.1. The van der Waals surface area contributed by atoms with Crippen LogP contribution in [-0.4, -0.2) is 25.9 Å². The number of nitrogens with one attached hydrogen (secondary N) is 1. The Morgan fingerprint density at radius 1 is 1.33 bits per heavy atom. The van der Waals surface area contributed by atoms with E-state index in [4.69, 9.17) is 23.2 Å². The maximum Gasteiger partial charge on any atom is 0.260 e. The predicted molar refractivity (Wildman–Crippen MR) is 68.0 cm³/mol. The van der Waals surface area contributed by atoms with Crippen LogP contribution in [0.5, 0.6) is 0 Å². The van der Waals surface area contributed by atoms with E-state index >= 15 is 0 Å². The average Bonchev–Trinajstić information content (AvgIpc) is 2.61. The van der Waals surface area contributed by atoms with Crippen molar-refractivity contribution in [3.63, 3.8) is 0 Å². The first kappa shape index (κ1) is 12.8. The quantitative estimate of drug-likeness (QED) is 0.917. The number of nitrogens with zero attached hydrogens (tertiary/aromatic N) is 4. The summed E-state index contributed by atoms with van der Waals surface area (Å²) in [5.41, 5.74) is 0.959. The number of amides is 1. The SMILES string of the molecule is Cc1cc(NC(=O)c2cc(Cl)nnc2Cl)n(C)n1. The molecule has 6 nitrogen and oxygen atoms in total. The Bertz CT molecular complexity index is 610. The normalized spacial score (nSPS) is 10.4. The third kappa shape index (κ3) is 2.60. The van der Waals surface area contributed by atoms with E-state index in [1.165, 1.54) is 6.07 Å². The van der Waals surface area contributed by atoms with Gasteiger partial charge in [0.15, 0.2) is 10.3 Å². The number of anilines is 1. The Labute approximate surface area is 113 Å². The minimum Gasteiger partial charge on any atom is -0.307 e. The monoisotopic (exact) mass is 285 g/mol. The molecule has 0 fully saturated rings. The van der Waals surface area contributed by atoms with E-state index in [9.17, 15) is 4.79 Å². The van der Waals surface area contributed by atoms with Crippen LogP contribution in [-0.2, 0) is 7.05 Å². The van der Waals surface area contributed by atoms with Crippen LogP contribution in [0.15, 0.2) is 12.1 Å². The standard InChI is InChI=1S/C10H9Cl2N5O/c1-5-3-8(17(2)16-5)13-10(18)6-4-7(11)14-15-9(6)12/h3-4H,1-2H3,(H,13,18). The summed E-state index contributed by atoms with van der Waals surface area (Å²) < 4.78 is 1.55. The Hall–Kier alpha value is -1.66. The number of rotatable bonds is 2. The van der Waals surface area contributed by atoms with Crippen LogP contribution in [0.2, 0.25) is 10.3 Å². The highest BCUT2D eigenvalue weighted by atomic mass is 35.5. The van der Waals surface area contributed by atoms with Gasteiger partial charge in [-0.05, 0) is 13.0 Å². The molecule has 2 aromatic rings. The molecule has 8 heteroatoms. The van der Waals surface area contributed by atoms with Crippen molar-refractivity contribution in [1.29, 1.82) is 0 Å². The van der Waals surface area contributed by atoms with Gasteiger partial charge in [-0.1, -0.05) is 23.2 Å². The molecule has 2 aromatic heterocycles. The first-order valence-electron chi connectivity index (χ1n) is 4.98. The zero-order valence-electron chi connectivity index (χ0n) is 9.61. The number of halogens is 2. The number of aromatic nitrogens is 4. The van der Waals surface area contributed by atoms with Crippen molar-refractivity contribution in [2.75, 3.05) is 5.32 Å². The van der Waals surface area contributed by atoms with Crippen molar-refractivity contribution >= 4 is 34.9 Å². The van der Waals surface area contributed by atoms with E-state index in [1.807, 2.05) is 6.92 Å². The molecule has 0 saturated carbocycles. The number of carbonyl (C=O) groups is 1. The van der Waals surface area contributed by atoms with Crippen LogP contribution in [0.4, 0.5) is 5.82 Å². The van der Waals surface area contributed by atoms with Crippen molar-refractivity contribution in [2.24, 2.45) is 7.05 Å². The summed E-state index contributed by atoms with van der Waals surface area (Å²) in [6.07, 6.45) is 0. The average molecular weight is 286 g/mol. The number of hydrogen-bond acceptors (Lipinski definition) is 4. The second-order valence-electron chi connectivity index (χ2n) is 3.62. The largest absolute Gasteiger partial charge is 0.307 e. The van der Waals surface area contributed by atoms with Crippen LogP contribution in [0, 0.1) is 6.92 Å². The lowest BCUT2D eigenvalue weighted by atomic mass is 10.3. The smallest absolute Gasteiger partial charge is 0.260 e. The van der Waals surface area contributed by atoms with E-state index in [0.717, 1.165) is 5.69 Å². The number of aryl methyl sites for hydroxylation is 2. The molecular formula is C10H9Cl2N5O. The third-order valence-corrected chi connectivity index (χ3v) is 2.67. The van der Waals surface area contributed by atoms with Crippen LogP contribution in [0.3, 0.4) is 0 Å². The molecule has 0 aromatic carbocycles. The fourth-order valence-corrected chi connectivity index (χ4v) is 1.75. The van der Waals surface area contributed by atoms with E-state index in [2.05, 4.69) is 20.6 Å². The molecule has 0 bridgehead atoms. The summed E-state index contributed by atoms with van der Waals surface area (Å²) in [5, 5.41) is 14.0. The van der Waals surface area contributed by atoms with E-state index < -0.39 is 5.91 Å². The van der Waals surface area contributed by atoms with E-state index in [1.54, 1.807) is 17.8 Å². The molecule has 2 rings (SSSR count). The van der Waals surface area contributed by atoms with Crippen LogP contribution in [0.25, 0.3) is 0 Å². The summed E-state index contributed by atoms with van der Waals surface area (Å²) in [6.45, 7) is 1.83. The van der Waals surface area contributed by atoms with E-state index in [-0.39, 0.29) is 15.9 Å². The molecule has 0 aliphatic rings. The van der Waals surface area contributed by atoms with Gasteiger partial charge in [0.25, 0.3) is 5.91 Å². The highest BCUT2D eigenvalue weighted by Gasteiger charge is 2.15. The molecule has 0 aliphatic heterocycles. The maximum absolute atomic E-state index is 12.0. The second-order valence-corrected chi connectivity index (χ2v) is 4.37. The van der Waals surface area contributed by atoms with E-state index in [0.29, 0.717) is 5.82 Å². The van der Waals surface area contributed by atoms with Gasteiger partial charge in [-0.15, -0.1) is 10.2 Å². The molecular weight excluding hydrogens is 277 g/mol. The van der Waals surface area contributed by atoms with Gasteiger partial charge in [0.05, 0.1) is 11.3 Å². The molecule has 18 heavy (non-hydrogen) atoms. The first-order valence-corrected chi connectivity index (χ1v) is 5.73. The molecule has 0 saturated heterocycles. The van der Waals surface area contributed by atoms with Gasteiger partial charge in [0, 0.05) is 13.1 Å². The molecule has 1 amide bonds. The lowest BCUT2D eigenvalue weighted by molar-refractivity contribution is 0.102. The fourth-order valence-electron chi connectivity index (χ4n) is 1.42. The third-order valence-electron chi connectivity index (χ3n) is 2.21. The minimum atomic E-state index is -0.417. The van der Waals surface area contributed by atoms with Crippen molar-refractivity contribution in [1.82, 2.24) is 20.0 Å². The van der Waals surface area contributed by atoms with Gasteiger partial charge < -0.3 is 5.32 Å². The van der Waals surface area contributed by atoms with Crippen molar-refractivity contribution in [2.45, 2.75) is 6.92 Å². The summed E-state index contributed by atoms with van der Waals surface area (Å²) in [5.74, 6) is 0.140. The predicted octanol–water partition coefficient (Wildman–Crippen LogP) is 2.08. The van der Waals surface area contributed by atoms with Crippen LogP contribution >= 0.6 is 23.2 Å². The van der Waals surface area contributed by atoms with Gasteiger partial charge >= 0.3 is 0 Å². The van der Waals surface area contributed by atoms with Crippen molar-refractivity contribution in [3.05, 3.63) is 33.7 Å². The summed E-state index contributed by atoms with van der Waals surface area (Å²) in [4.78, 5) is 12.0. The minimum absolute atomic E-state index is 0.00390. The molecule has 0 unspecified atom stereocenters. The molecule has 0 atom stereocenters. The van der Waals surface area contributed by atoms with Gasteiger partial charge in [-0.3, -0.25) is 9.48 Å². The molecule has 2 heterocycles. The zero-order chi connectivity index (χ0) is 13.3. The topological polar surface area (TPSA) is 72.7 Å². The first-order chi connectivity index (χ1) is 8.47. The number of carbonyl (C=O) groups excluding carboxylic acids is 1. The van der Waals surface area contributed by atoms with Crippen molar-refractivity contribution < 1.29 is 4.79 Å². The lowest BCUT2D eigenvalue weighted by Crippen LogP contribution is -2.15. The molecule has 94 valence electrons. The van der Waals surface area contributed by atoms with Gasteiger partial charge in [0.2, 0.25) is 0 Å². The Morgan fingerprint density at radius 3 is 2.67 bits per heavy atom. The molecule has 0 aliphatic carbocycles. The fraction of sp³-hybridized carbons (Fsp3) is 0.200. The maximum atomic E-state index is 12.0. The highest BCUT2D eigenvalue weighted by molar-refractivity contribution is 6.34. The number of hydrogen-bond donors (Lipinski definition) is 1. The summed E-state index contributed by atoms with van der Waals surface area (Å²) in [6, 6.07) is 3.09. The Morgan fingerprint density at radius 2 is 2.06 bits per heavy atom. The van der Waals surface area contributed by atoms with Gasteiger partial charge in [-0.25, -0.2) is 0 Å². The molecule has 0 spiro atoms. The molecule has 1 N–H and O–H groups in total. The van der Waals surface area contributed by atoms with Gasteiger partial charge in [-0.2, -0.15) is 5.10 Å². The van der Waals surface area contributed by atoms with Crippen LogP contribution in [0.1, 0.15) is 16.1 Å². The summed E-state index contributed by atoms with van der Waals surface area (Å²) >= 11 is 11.5. The Kier molecular flexibility index (Phi) is 3.49. The molecule has 0 radical (unpaired) electrons. The van der Waals surface area contributed by atoms with Crippen molar-refractivity contribution in [3.8, 4) is 0 Å². The Balaban J connectivity index is 2.27. The van der Waals surface area contributed by atoms with Crippen LogP contribution < -0.4 is 5.32 Å². The van der Waals surface area contributed by atoms with Gasteiger partial charge in [0.1, 0.15) is 5.82 Å². The summed E-state index contributed by atoms with van der Waals surface area (Å²) in [7, 11) is 1.72. The second kappa shape index (κ2) is 4.91. The lowest BCUT2D eigenvalue weighted by Gasteiger charge is -2.05. The highest BCUT2D eigenvalue weighted by Crippen LogP contribution is 2.17.